The minimum Gasteiger partial charge on any atom is -0.375 e. The molecule has 1 aliphatic rings. The monoisotopic (exact) mass is 240 g/mol. The Bertz CT molecular complexity index is 210. The van der Waals surface area contributed by atoms with E-state index in [1.807, 2.05) is 0 Å². The van der Waals surface area contributed by atoms with Crippen LogP contribution < -0.4 is 0 Å². The highest BCUT2D eigenvalue weighted by molar-refractivity contribution is 4.83. The molecule has 1 rings (SSSR count). The Balaban J connectivity index is 2.47. The van der Waals surface area contributed by atoms with Crippen molar-refractivity contribution in [3.05, 3.63) is 0 Å². The summed E-state index contributed by atoms with van der Waals surface area (Å²) in [6.45, 7) is 12.4. The molecule has 0 aromatic carbocycles. The molecule has 1 nitrogen and oxygen atoms in total. The first-order valence-electron chi connectivity index (χ1n) is 7.57. The van der Waals surface area contributed by atoms with Crippen LogP contribution in [0.15, 0.2) is 0 Å². The van der Waals surface area contributed by atoms with Crippen molar-refractivity contribution in [1.29, 1.82) is 0 Å². The van der Waals surface area contributed by atoms with Gasteiger partial charge in [0.15, 0.2) is 0 Å². The van der Waals surface area contributed by atoms with Gasteiger partial charge in [-0.25, -0.2) is 0 Å². The van der Waals surface area contributed by atoms with Crippen LogP contribution in [0.3, 0.4) is 0 Å². The lowest BCUT2D eigenvalue weighted by Crippen LogP contribution is -2.39. The summed E-state index contributed by atoms with van der Waals surface area (Å²) >= 11 is 0. The fourth-order valence-corrected chi connectivity index (χ4v) is 2.73. The molecule has 102 valence electrons. The molecule has 1 fully saturated rings. The smallest absolute Gasteiger partial charge is 0.0654 e. The van der Waals surface area contributed by atoms with E-state index in [2.05, 4.69) is 34.6 Å². The summed E-state index contributed by atoms with van der Waals surface area (Å²) in [7, 11) is 0. The van der Waals surface area contributed by atoms with E-state index in [1.54, 1.807) is 0 Å². The molecule has 0 saturated heterocycles. The molecule has 0 bridgehead atoms. The fourth-order valence-electron chi connectivity index (χ4n) is 2.73. The average Bonchev–Trinajstić information content (AvgIpc) is 2.37. The quantitative estimate of drug-likeness (QED) is 0.621. The van der Waals surface area contributed by atoms with Crippen molar-refractivity contribution in [2.45, 2.75) is 85.2 Å². The third-order valence-electron chi connectivity index (χ3n) is 5.09. The van der Waals surface area contributed by atoms with Gasteiger partial charge in [-0.15, -0.1) is 0 Å². The minimum absolute atomic E-state index is 0.0754. The van der Waals surface area contributed by atoms with Crippen LogP contribution in [-0.2, 0) is 4.74 Å². The molecule has 0 amide bonds. The lowest BCUT2D eigenvalue weighted by Gasteiger charge is -2.40. The summed E-state index contributed by atoms with van der Waals surface area (Å²) in [4.78, 5) is 0. The van der Waals surface area contributed by atoms with Gasteiger partial charge in [-0.2, -0.15) is 0 Å². The molecule has 17 heavy (non-hydrogen) atoms. The largest absolute Gasteiger partial charge is 0.375 e. The molecule has 1 aliphatic carbocycles. The molecule has 0 aliphatic heterocycles. The normalized spacial score (nSPS) is 19.6. The van der Waals surface area contributed by atoms with Gasteiger partial charge in [-0.05, 0) is 50.9 Å². The van der Waals surface area contributed by atoms with Crippen LogP contribution in [0.2, 0.25) is 0 Å². The van der Waals surface area contributed by atoms with E-state index < -0.39 is 0 Å². The summed E-state index contributed by atoms with van der Waals surface area (Å²) in [6.07, 6.45) is 9.37. The molecular weight excluding hydrogens is 208 g/mol. The van der Waals surface area contributed by atoms with Gasteiger partial charge in [0.1, 0.15) is 0 Å². The van der Waals surface area contributed by atoms with E-state index in [4.69, 9.17) is 4.74 Å². The lowest BCUT2D eigenvalue weighted by molar-refractivity contribution is -0.101. The standard InChI is InChI=1S/C16H32O/c1-6-16(5,7-2)13-17-15(3,4)14-11-9-8-10-12-14/h14H,6-13H2,1-5H3. The Morgan fingerprint density at radius 3 is 1.94 bits per heavy atom. The molecule has 0 radical (unpaired) electrons. The highest BCUT2D eigenvalue weighted by Gasteiger charge is 2.33. The average molecular weight is 240 g/mol. The zero-order valence-electron chi connectivity index (χ0n) is 12.6. The highest BCUT2D eigenvalue weighted by Crippen LogP contribution is 2.36. The zero-order valence-corrected chi connectivity index (χ0v) is 12.6. The van der Waals surface area contributed by atoms with E-state index in [1.165, 1.54) is 44.9 Å². The summed E-state index contributed by atoms with van der Waals surface area (Å²) in [6, 6.07) is 0. The molecule has 0 atom stereocenters. The first kappa shape index (κ1) is 15.0. The van der Waals surface area contributed by atoms with E-state index in [-0.39, 0.29) is 5.60 Å². The molecule has 0 N–H and O–H groups in total. The second-order valence-corrected chi connectivity index (χ2v) is 6.74. The predicted octanol–water partition coefficient (Wildman–Crippen LogP) is 5.19. The maximum atomic E-state index is 6.32. The van der Waals surface area contributed by atoms with E-state index in [0.29, 0.717) is 5.41 Å². The summed E-state index contributed by atoms with van der Waals surface area (Å²) < 4.78 is 6.32. The van der Waals surface area contributed by atoms with Gasteiger partial charge in [0.05, 0.1) is 12.2 Å². The van der Waals surface area contributed by atoms with Crippen molar-refractivity contribution in [1.82, 2.24) is 0 Å². The van der Waals surface area contributed by atoms with Crippen LogP contribution in [0, 0.1) is 11.3 Å². The maximum absolute atomic E-state index is 6.32. The number of hydrogen-bond donors (Lipinski definition) is 0. The first-order chi connectivity index (χ1) is 7.93. The van der Waals surface area contributed by atoms with Gasteiger partial charge in [-0.1, -0.05) is 40.0 Å². The minimum atomic E-state index is 0.0754. The predicted molar refractivity (Wildman–Crippen MR) is 75.3 cm³/mol. The molecule has 0 spiro atoms. The summed E-state index contributed by atoms with van der Waals surface area (Å²) in [5, 5.41) is 0. The van der Waals surface area contributed by atoms with Gasteiger partial charge < -0.3 is 4.74 Å². The molecule has 0 heterocycles. The SMILES string of the molecule is CCC(C)(CC)COC(C)(C)C1CCCCC1. The molecule has 0 aromatic rings. The van der Waals surface area contributed by atoms with Crippen LogP contribution in [0.25, 0.3) is 0 Å². The van der Waals surface area contributed by atoms with Crippen molar-refractivity contribution in [2.75, 3.05) is 6.61 Å². The van der Waals surface area contributed by atoms with Crippen LogP contribution in [0.1, 0.15) is 79.6 Å². The maximum Gasteiger partial charge on any atom is 0.0654 e. The lowest BCUT2D eigenvalue weighted by atomic mass is 9.78. The summed E-state index contributed by atoms with van der Waals surface area (Å²) in [5.41, 5.74) is 0.442. The number of rotatable bonds is 6. The van der Waals surface area contributed by atoms with Crippen molar-refractivity contribution in [3.8, 4) is 0 Å². The number of hydrogen-bond acceptors (Lipinski definition) is 1. The fraction of sp³-hybridized carbons (Fsp3) is 1.00. The van der Waals surface area contributed by atoms with Crippen molar-refractivity contribution >= 4 is 0 Å². The van der Waals surface area contributed by atoms with E-state index >= 15 is 0 Å². The van der Waals surface area contributed by atoms with Crippen molar-refractivity contribution < 1.29 is 4.74 Å². The molecular formula is C16H32O. The topological polar surface area (TPSA) is 9.23 Å². The summed E-state index contributed by atoms with van der Waals surface area (Å²) in [5.74, 6) is 0.772. The van der Waals surface area contributed by atoms with Crippen LogP contribution >= 0.6 is 0 Å². The van der Waals surface area contributed by atoms with Crippen molar-refractivity contribution in [2.24, 2.45) is 11.3 Å². The van der Waals surface area contributed by atoms with Gasteiger partial charge in [-0.3, -0.25) is 0 Å². The Morgan fingerprint density at radius 1 is 0.941 bits per heavy atom. The molecule has 1 saturated carbocycles. The molecule has 0 aromatic heterocycles. The first-order valence-corrected chi connectivity index (χ1v) is 7.57. The van der Waals surface area contributed by atoms with Gasteiger partial charge in [0.25, 0.3) is 0 Å². The third-order valence-corrected chi connectivity index (χ3v) is 5.09. The second-order valence-electron chi connectivity index (χ2n) is 6.74. The van der Waals surface area contributed by atoms with Gasteiger partial charge in [0.2, 0.25) is 0 Å². The van der Waals surface area contributed by atoms with Crippen molar-refractivity contribution in [3.63, 3.8) is 0 Å². The van der Waals surface area contributed by atoms with E-state index in [0.717, 1.165) is 12.5 Å². The molecule has 1 heteroatoms. The molecule has 0 unspecified atom stereocenters. The van der Waals surface area contributed by atoms with Crippen LogP contribution in [-0.4, -0.2) is 12.2 Å². The Labute approximate surface area is 108 Å². The van der Waals surface area contributed by atoms with E-state index in [9.17, 15) is 0 Å². The highest BCUT2D eigenvalue weighted by atomic mass is 16.5. The van der Waals surface area contributed by atoms with Crippen LogP contribution in [0.4, 0.5) is 0 Å². The van der Waals surface area contributed by atoms with Gasteiger partial charge >= 0.3 is 0 Å². The second kappa shape index (κ2) is 6.22. The van der Waals surface area contributed by atoms with Crippen LogP contribution in [0.5, 0.6) is 0 Å². The Hall–Kier alpha value is -0.0400. The zero-order chi connectivity index (χ0) is 12.9. The number of ether oxygens (including phenoxy) is 1. The Morgan fingerprint density at radius 2 is 1.47 bits per heavy atom. The Kier molecular flexibility index (Phi) is 5.50. The third kappa shape index (κ3) is 4.28. The van der Waals surface area contributed by atoms with Gasteiger partial charge in [0, 0.05) is 0 Å².